The Labute approximate surface area is 143 Å². The van der Waals surface area contributed by atoms with Gasteiger partial charge in [-0.05, 0) is 30.3 Å². The molecule has 0 atom stereocenters. The van der Waals surface area contributed by atoms with Crippen LogP contribution in [0.15, 0.2) is 57.7 Å². The largest absolute Gasteiger partial charge is 0.434 e. The molecular formula is C16H11F3N4O3. The van der Waals surface area contributed by atoms with Crippen molar-refractivity contribution >= 4 is 17.4 Å². The van der Waals surface area contributed by atoms with Crippen molar-refractivity contribution in [2.24, 2.45) is 5.73 Å². The number of carbonyl (C=O) groups excluding carboxylic acids is 1. The molecule has 0 aliphatic carbocycles. The molecule has 0 fully saturated rings. The Balaban J connectivity index is 2.17. The normalized spacial score (nSPS) is 11.3. The molecule has 0 radical (unpaired) electrons. The van der Waals surface area contributed by atoms with Gasteiger partial charge in [0.25, 0.3) is 5.89 Å². The minimum absolute atomic E-state index is 0.0994. The minimum Gasteiger partial charge on any atom is -0.388 e. The summed E-state index contributed by atoms with van der Waals surface area (Å²) >= 11 is 0. The van der Waals surface area contributed by atoms with Gasteiger partial charge in [0.1, 0.15) is 0 Å². The monoisotopic (exact) mass is 364 g/mol. The lowest BCUT2D eigenvalue weighted by Gasteiger charge is -2.23. The molecule has 0 saturated carbocycles. The molecule has 0 unspecified atom stereocenters. The van der Waals surface area contributed by atoms with E-state index in [1.165, 1.54) is 18.2 Å². The third kappa shape index (κ3) is 3.29. The highest BCUT2D eigenvalue weighted by molar-refractivity contribution is 6.01. The molecule has 3 rings (SSSR count). The van der Waals surface area contributed by atoms with Crippen molar-refractivity contribution in [2.45, 2.75) is 6.18 Å². The first-order valence-electron chi connectivity index (χ1n) is 7.19. The van der Waals surface area contributed by atoms with Crippen LogP contribution in [0.3, 0.4) is 0 Å². The van der Waals surface area contributed by atoms with Crippen molar-refractivity contribution in [1.29, 1.82) is 0 Å². The summed E-state index contributed by atoms with van der Waals surface area (Å²) in [6, 6.07) is 9.17. The van der Waals surface area contributed by atoms with Gasteiger partial charge >= 0.3 is 18.0 Å². The summed E-state index contributed by atoms with van der Waals surface area (Å²) in [5.41, 5.74) is 4.66. The molecule has 2 amide bonds. The number of aromatic amines is 1. The number of hydrogen-bond donors (Lipinski definition) is 2. The number of rotatable bonds is 3. The van der Waals surface area contributed by atoms with Gasteiger partial charge in [-0.15, -0.1) is 5.10 Å². The zero-order valence-corrected chi connectivity index (χ0v) is 12.9. The summed E-state index contributed by atoms with van der Waals surface area (Å²) in [7, 11) is 0. The van der Waals surface area contributed by atoms with E-state index in [2.05, 4.69) is 10.2 Å². The molecule has 7 nitrogen and oxygen atoms in total. The van der Waals surface area contributed by atoms with Gasteiger partial charge in [-0.1, -0.05) is 18.2 Å². The van der Waals surface area contributed by atoms with Gasteiger partial charge in [0.05, 0.1) is 22.5 Å². The number of nitrogens with one attached hydrogen (secondary N) is 1. The molecule has 0 saturated heterocycles. The molecule has 0 aliphatic heterocycles. The first kappa shape index (κ1) is 17.3. The maximum atomic E-state index is 13.0. The number of amides is 2. The van der Waals surface area contributed by atoms with Gasteiger partial charge in [0.2, 0.25) is 0 Å². The predicted octanol–water partition coefficient (Wildman–Crippen LogP) is 3.27. The number of anilines is 2. The summed E-state index contributed by atoms with van der Waals surface area (Å²) in [4.78, 5) is 24.1. The number of halogens is 3. The maximum absolute atomic E-state index is 13.0. The lowest BCUT2D eigenvalue weighted by Crippen LogP contribution is -2.32. The second-order valence-electron chi connectivity index (χ2n) is 5.16. The standard InChI is InChI=1S/C16H11F3N4O3/c17-16(18,19)9-4-3-5-10(8-9)23(14(20)24)12-7-2-1-6-11(12)13-21-22-15(25)26-13/h1-8H,(H2,20,24)(H,22,25). The topological polar surface area (TPSA) is 105 Å². The fourth-order valence-electron chi connectivity index (χ4n) is 2.40. The quantitative estimate of drug-likeness (QED) is 0.744. The number of carbonyl (C=O) groups is 1. The molecule has 134 valence electrons. The van der Waals surface area contributed by atoms with Gasteiger partial charge in [-0.3, -0.25) is 4.90 Å². The lowest BCUT2D eigenvalue weighted by atomic mass is 10.1. The van der Waals surface area contributed by atoms with E-state index in [1.807, 2.05) is 0 Å². The number of H-pyrrole nitrogens is 1. The van der Waals surface area contributed by atoms with Gasteiger partial charge in [-0.25, -0.2) is 14.7 Å². The van der Waals surface area contributed by atoms with E-state index < -0.39 is 23.5 Å². The number of hydrogen-bond acceptors (Lipinski definition) is 4. The van der Waals surface area contributed by atoms with Crippen LogP contribution in [0.1, 0.15) is 5.56 Å². The highest BCUT2D eigenvalue weighted by atomic mass is 19.4. The van der Waals surface area contributed by atoms with Crippen LogP contribution >= 0.6 is 0 Å². The number of para-hydroxylation sites is 1. The Kier molecular flexibility index (Phi) is 4.24. The van der Waals surface area contributed by atoms with Crippen LogP contribution in [0.5, 0.6) is 0 Å². The third-order valence-corrected chi connectivity index (χ3v) is 3.47. The van der Waals surface area contributed by atoms with Gasteiger partial charge in [0, 0.05) is 0 Å². The summed E-state index contributed by atoms with van der Waals surface area (Å²) < 4.78 is 43.8. The second-order valence-corrected chi connectivity index (χ2v) is 5.16. The van der Waals surface area contributed by atoms with Crippen LogP contribution in [0.4, 0.5) is 29.3 Å². The van der Waals surface area contributed by atoms with E-state index in [4.69, 9.17) is 10.2 Å². The van der Waals surface area contributed by atoms with E-state index in [9.17, 15) is 22.8 Å². The van der Waals surface area contributed by atoms with Crippen molar-refractivity contribution in [3.63, 3.8) is 0 Å². The number of nitrogens with two attached hydrogens (primary N) is 1. The fourth-order valence-corrected chi connectivity index (χ4v) is 2.40. The van der Waals surface area contributed by atoms with Gasteiger partial charge < -0.3 is 10.2 Å². The smallest absolute Gasteiger partial charge is 0.388 e. The summed E-state index contributed by atoms with van der Waals surface area (Å²) in [6.45, 7) is 0. The molecule has 26 heavy (non-hydrogen) atoms. The number of benzene rings is 2. The van der Waals surface area contributed by atoms with Crippen LogP contribution in [0.25, 0.3) is 11.5 Å². The molecule has 1 aromatic heterocycles. The van der Waals surface area contributed by atoms with E-state index in [0.717, 1.165) is 23.1 Å². The Morgan fingerprint density at radius 1 is 1.15 bits per heavy atom. The third-order valence-electron chi connectivity index (χ3n) is 3.47. The van der Waals surface area contributed by atoms with Crippen LogP contribution in [0.2, 0.25) is 0 Å². The van der Waals surface area contributed by atoms with Crippen LogP contribution in [0, 0.1) is 0 Å². The van der Waals surface area contributed by atoms with E-state index in [-0.39, 0.29) is 22.8 Å². The average Bonchev–Trinajstić information content (AvgIpc) is 3.01. The van der Waals surface area contributed by atoms with Gasteiger partial charge in [-0.2, -0.15) is 13.2 Å². The fraction of sp³-hybridized carbons (Fsp3) is 0.0625. The molecule has 1 heterocycles. The summed E-state index contributed by atoms with van der Waals surface area (Å²) in [6.07, 6.45) is -4.59. The first-order chi connectivity index (χ1) is 12.3. The minimum atomic E-state index is -4.59. The van der Waals surface area contributed by atoms with E-state index >= 15 is 0 Å². The Morgan fingerprint density at radius 2 is 1.88 bits per heavy atom. The highest BCUT2D eigenvalue weighted by Crippen LogP contribution is 2.37. The predicted molar refractivity (Wildman–Crippen MR) is 85.7 cm³/mol. The summed E-state index contributed by atoms with van der Waals surface area (Å²) in [5, 5.41) is 5.75. The highest BCUT2D eigenvalue weighted by Gasteiger charge is 2.31. The Hall–Kier alpha value is -3.56. The zero-order valence-electron chi connectivity index (χ0n) is 12.9. The van der Waals surface area contributed by atoms with Crippen molar-refractivity contribution in [1.82, 2.24) is 10.2 Å². The molecule has 0 aliphatic rings. The van der Waals surface area contributed by atoms with Crippen LogP contribution < -0.4 is 16.4 Å². The van der Waals surface area contributed by atoms with Crippen molar-refractivity contribution < 1.29 is 22.4 Å². The van der Waals surface area contributed by atoms with Gasteiger partial charge in [0.15, 0.2) is 0 Å². The van der Waals surface area contributed by atoms with Crippen molar-refractivity contribution in [3.8, 4) is 11.5 Å². The first-order valence-corrected chi connectivity index (χ1v) is 7.19. The molecule has 2 aromatic carbocycles. The molecule has 3 N–H and O–H groups in total. The van der Waals surface area contributed by atoms with E-state index in [0.29, 0.717) is 0 Å². The molecule has 3 aromatic rings. The molecular weight excluding hydrogens is 353 g/mol. The number of alkyl halides is 3. The number of urea groups is 1. The van der Waals surface area contributed by atoms with Crippen molar-refractivity contribution in [2.75, 3.05) is 4.90 Å². The number of nitrogens with zero attached hydrogens (tertiary/aromatic N) is 2. The Morgan fingerprint density at radius 3 is 2.50 bits per heavy atom. The molecule has 0 spiro atoms. The summed E-state index contributed by atoms with van der Waals surface area (Å²) in [5.74, 6) is -0.955. The van der Waals surface area contributed by atoms with E-state index in [1.54, 1.807) is 12.1 Å². The SMILES string of the molecule is NC(=O)N(c1cccc(C(F)(F)F)c1)c1ccccc1-c1n[nH]c(=O)o1. The van der Waals surface area contributed by atoms with Crippen LogP contribution in [-0.4, -0.2) is 16.2 Å². The second kappa shape index (κ2) is 6.39. The maximum Gasteiger partial charge on any atom is 0.434 e. The molecule has 10 heteroatoms. The average molecular weight is 364 g/mol. The Bertz CT molecular complexity index is 1010. The lowest BCUT2D eigenvalue weighted by molar-refractivity contribution is -0.137. The molecule has 0 bridgehead atoms. The zero-order chi connectivity index (χ0) is 18.9. The van der Waals surface area contributed by atoms with Crippen LogP contribution in [-0.2, 0) is 6.18 Å². The number of aromatic nitrogens is 2. The number of primary amides is 1. The van der Waals surface area contributed by atoms with Crippen molar-refractivity contribution in [3.05, 3.63) is 64.6 Å².